The smallest absolute Gasteiger partial charge is 0.187 e. The standard InChI is InChI=1S/C45H72O18/c1-19-29-26(62-45(19)13-12-42(3,18-48)63-45)15-25-23-7-6-21-14-22(8-10-43(21,4)24(23)9-11-44(25,29)5)57-41-38(61-40-35(54)33(52)31(50)27(16-46)58-40)36(55)37(28(17-47)59-41)60-39-34(53)32(51)30(49)20(2)56-39/h6,19-20,22-41,46-55H,7-18H2,1-5H3/t19-,20-,22-,23+,24-,25-,26-,27+,28+,29-,30-,31+,32+,33-,34+,35+,36-,37+,38+,39-,40-,41+,42-,43-,44-,45-/m0/s1. The van der Waals surface area contributed by atoms with Gasteiger partial charge in [0.1, 0.15) is 67.1 Å². The van der Waals surface area contributed by atoms with E-state index in [0.29, 0.717) is 36.5 Å². The van der Waals surface area contributed by atoms with E-state index in [1.54, 1.807) is 0 Å². The van der Waals surface area contributed by atoms with Crippen molar-refractivity contribution in [1.29, 1.82) is 0 Å². The fourth-order valence-corrected chi connectivity index (χ4v) is 14.2. The van der Waals surface area contributed by atoms with Crippen LogP contribution in [0, 0.1) is 40.4 Å². The summed E-state index contributed by atoms with van der Waals surface area (Å²) >= 11 is 0. The molecule has 5 heterocycles. The van der Waals surface area contributed by atoms with Crippen molar-refractivity contribution in [2.24, 2.45) is 40.4 Å². The van der Waals surface area contributed by atoms with Crippen molar-refractivity contribution in [2.75, 3.05) is 19.8 Å². The summed E-state index contributed by atoms with van der Waals surface area (Å²) in [5.74, 6) is 1.43. The monoisotopic (exact) mass is 900 g/mol. The SMILES string of the molecule is C[C@@H]1O[C@@H](O[C@H]2[C@H](O)[C@@H](O[C@@H]3O[C@H](CO)[C@@H](O)[C@H](O)[C@H]3O)[C@H](O[C@H]3CC[C@@]4(C)C(=CC[C@H]5[C@@H]6C[C@@H]7O[C@]8(CC[C@@](C)(CO)O8)[C@@H](C)[C@@H]7[C@@]6(C)CC[C@@H]54)C3)O[C@@H]2CO)[C@H](O)[C@H](O)[C@H]1O. The Morgan fingerprint density at radius 3 is 2.02 bits per heavy atom. The van der Waals surface area contributed by atoms with E-state index in [1.165, 1.54) is 12.5 Å². The normalized spacial score (nSPS) is 57.9. The molecule has 26 atom stereocenters. The maximum atomic E-state index is 12.0. The van der Waals surface area contributed by atoms with Crippen LogP contribution in [0.2, 0.25) is 0 Å². The largest absolute Gasteiger partial charge is 0.394 e. The molecule has 3 saturated carbocycles. The minimum absolute atomic E-state index is 0.0192. The first-order valence-electron chi connectivity index (χ1n) is 23.4. The van der Waals surface area contributed by atoms with Gasteiger partial charge in [0.25, 0.3) is 0 Å². The van der Waals surface area contributed by atoms with Gasteiger partial charge in [-0.3, -0.25) is 0 Å². The van der Waals surface area contributed by atoms with Gasteiger partial charge in [-0.15, -0.1) is 0 Å². The highest BCUT2D eigenvalue weighted by molar-refractivity contribution is 5.26. The van der Waals surface area contributed by atoms with Gasteiger partial charge < -0.3 is 89.0 Å². The molecular formula is C45H72O18. The van der Waals surface area contributed by atoms with Crippen LogP contribution in [0.25, 0.3) is 0 Å². The van der Waals surface area contributed by atoms with Gasteiger partial charge in [0.15, 0.2) is 24.7 Å². The van der Waals surface area contributed by atoms with E-state index in [1.807, 2.05) is 6.92 Å². The Morgan fingerprint density at radius 1 is 0.667 bits per heavy atom. The lowest BCUT2D eigenvalue weighted by molar-refractivity contribution is -0.390. The maximum Gasteiger partial charge on any atom is 0.187 e. The molecule has 0 amide bonds. The Morgan fingerprint density at radius 2 is 1.33 bits per heavy atom. The maximum absolute atomic E-state index is 12.0. The van der Waals surface area contributed by atoms with Gasteiger partial charge in [0.2, 0.25) is 0 Å². The van der Waals surface area contributed by atoms with Crippen molar-refractivity contribution < 1.29 is 89.0 Å². The zero-order valence-corrected chi connectivity index (χ0v) is 37.0. The molecule has 8 fully saturated rings. The number of fused-ring (bicyclic) bond motifs is 7. The van der Waals surface area contributed by atoms with Gasteiger partial charge >= 0.3 is 0 Å². The number of allylic oxidation sites excluding steroid dienone is 1. The second-order valence-electron chi connectivity index (χ2n) is 21.3. The molecule has 0 aromatic heterocycles. The average molecular weight is 901 g/mol. The fourth-order valence-electron chi connectivity index (χ4n) is 14.2. The molecule has 0 radical (unpaired) electrons. The molecule has 1 spiro atoms. The topological polar surface area (TPSA) is 276 Å². The first kappa shape index (κ1) is 47.1. The molecule has 10 N–H and O–H groups in total. The van der Waals surface area contributed by atoms with Gasteiger partial charge in [-0.2, -0.15) is 0 Å². The van der Waals surface area contributed by atoms with E-state index in [9.17, 15) is 51.1 Å². The Labute approximate surface area is 368 Å². The van der Waals surface area contributed by atoms with Crippen molar-refractivity contribution in [1.82, 2.24) is 0 Å². The molecule has 0 bridgehead atoms. The zero-order chi connectivity index (χ0) is 45.1. The summed E-state index contributed by atoms with van der Waals surface area (Å²) in [6, 6.07) is 0. The van der Waals surface area contributed by atoms with Crippen molar-refractivity contribution in [3.8, 4) is 0 Å². The number of hydrogen-bond acceptors (Lipinski definition) is 18. The second kappa shape index (κ2) is 17.2. The average Bonchev–Trinajstić information content (AvgIpc) is 3.87. The third kappa shape index (κ3) is 7.62. The fraction of sp³-hybridized carbons (Fsp3) is 0.956. The molecule has 9 aliphatic rings. The van der Waals surface area contributed by atoms with Crippen LogP contribution in [0.15, 0.2) is 11.6 Å². The number of ether oxygens (including phenoxy) is 8. The van der Waals surface area contributed by atoms with Gasteiger partial charge in [-0.25, -0.2) is 0 Å². The highest BCUT2D eigenvalue weighted by atomic mass is 16.8. The van der Waals surface area contributed by atoms with Crippen LogP contribution in [0.1, 0.15) is 92.4 Å². The summed E-state index contributed by atoms with van der Waals surface area (Å²) in [7, 11) is 0. The summed E-state index contributed by atoms with van der Waals surface area (Å²) in [6.45, 7) is 9.19. The molecule has 0 aromatic carbocycles. The van der Waals surface area contributed by atoms with E-state index in [0.717, 1.165) is 44.9 Å². The lowest BCUT2D eigenvalue weighted by Crippen LogP contribution is -2.67. The zero-order valence-electron chi connectivity index (χ0n) is 37.0. The van der Waals surface area contributed by atoms with Crippen LogP contribution in [0.5, 0.6) is 0 Å². The van der Waals surface area contributed by atoms with Crippen LogP contribution in [-0.2, 0) is 37.9 Å². The number of rotatable bonds is 9. The molecule has 5 saturated heterocycles. The minimum atomic E-state index is -1.83. The van der Waals surface area contributed by atoms with Crippen LogP contribution < -0.4 is 0 Å². The predicted molar refractivity (Wildman–Crippen MR) is 216 cm³/mol. The van der Waals surface area contributed by atoms with Gasteiger partial charge in [0, 0.05) is 12.3 Å². The number of hydrogen-bond donors (Lipinski definition) is 10. The van der Waals surface area contributed by atoms with Gasteiger partial charge in [-0.1, -0.05) is 32.4 Å². The molecule has 0 aromatic rings. The summed E-state index contributed by atoms with van der Waals surface area (Å²) in [6.07, 6.45) is -13.2. The van der Waals surface area contributed by atoms with Crippen LogP contribution in [0.4, 0.5) is 0 Å². The third-order valence-corrected chi connectivity index (χ3v) is 17.8. The van der Waals surface area contributed by atoms with Crippen LogP contribution in [0.3, 0.4) is 0 Å². The third-order valence-electron chi connectivity index (χ3n) is 17.8. The summed E-state index contributed by atoms with van der Waals surface area (Å²) in [5, 5.41) is 106. The summed E-state index contributed by atoms with van der Waals surface area (Å²) in [5.41, 5.74) is 0.762. The molecule has 9 rings (SSSR count). The highest BCUT2D eigenvalue weighted by Crippen LogP contribution is 2.71. The van der Waals surface area contributed by atoms with E-state index in [-0.39, 0.29) is 29.5 Å². The minimum Gasteiger partial charge on any atom is -0.394 e. The molecule has 360 valence electrons. The van der Waals surface area contributed by atoms with Gasteiger partial charge in [-0.05, 0) is 99.7 Å². The Bertz CT molecular complexity index is 1670. The van der Waals surface area contributed by atoms with Crippen LogP contribution in [-0.4, -0.2) is 187 Å². The lowest BCUT2D eigenvalue weighted by Gasteiger charge is -2.58. The summed E-state index contributed by atoms with van der Waals surface area (Å²) < 4.78 is 49.9. The van der Waals surface area contributed by atoms with Crippen molar-refractivity contribution in [3.63, 3.8) is 0 Å². The molecule has 63 heavy (non-hydrogen) atoms. The lowest BCUT2D eigenvalue weighted by atomic mass is 9.47. The molecule has 4 aliphatic carbocycles. The van der Waals surface area contributed by atoms with E-state index < -0.39 is 123 Å². The summed E-state index contributed by atoms with van der Waals surface area (Å²) in [4.78, 5) is 0. The second-order valence-corrected chi connectivity index (χ2v) is 21.3. The highest BCUT2D eigenvalue weighted by Gasteiger charge is 2.70. The molecular weight excluding hydrogens is 828 g/mol. The molecule has 18 nitrogen and oxygen atoms in total. The number of aliphatic hydroxyl groups excluding tert-OH is 10. The van der Waals surface area contributed by atoms with E-state index >= 15 is 0 Å². The van der Waals surface area contributed by atoms with Gasteiger partial charge in [0.05, 0.1) is 43.7 Å². The molecule has 18 heteroatoms. The number of aliphatic hydroxyl groups is 10. The first-order chi connectivity index (χ1) is 29.8. The molecule has 0 unspecified atom stereocenters. The Hall–Kier alpha value is -0.980. The van der Waals surface area contributed by atoms with Crippen molar-refractivity contribution in [2.45, 2.75) is 208 Å². The molecule has 5 aliphatic heterocycles. The Kier molecular flexibility index (Phi) is 12.9. The van der Waals surface area contributed by atoms with Crippen LogP contribution >= 0.6 is 0 Å². The van der Waals surface area contributed by atoms with E-state index in [4.69, 9.17) is 37.9 Å². The van der Waals surface area contributed by atoms with E-state index in [2.05, 4.69) is 26.8 Å². The van der Waals surface area contributed by atoms with Crippen molar-refractivity contribution in [3.05, 3.63) is 11.6 Å². The predicted octanol–water partition coefficient (Wildman–Crippen LogP) is -0.671. The first-order valence-corrected chi connectivity index (χ1v) is 23.4. The quantitative estimate of drug-likeness (QED) is 0.129. The van der Waals surface area contributed by atoms with Crippen molar-refractivity contribution >= 4 is 0 Å². The Balaban J connectivity index is 0.920.